The number of aryl methyl sites for hydroxylation is 2. The van der Waals surface area contributed by atoms with E-state index in [0.29, 0.717) is 15.8 Å². The highest BCUT2D eigenvalue weighted by Crippen LogP contribution is 2.30. The smallest absolute Gasteiger partial charge is 0.277 e. The summed E-state index contributed by atoms with van der Waals surface area (Å²) in [6.45, 7) is 3.70. The maximum absolute atomic E-state index is 11.8. The summed E-state index contributed by atoms with van der Waals surface area (Å²) >= 11 is 6.56. The Morgan fingerprint density at radius 1 is 1.29 bits per heavy atom. The molecule has 0 aliphatic rings. The van der Waals surface area contributed by atoms with Crippen molar-refractivity contribution >= 4 is 44.0 Å². The molecule has 126 valence electrons. The van der Waals surface area contributed by atoms with Gasteiger partial charge in [0.1, 0.15) is 11.5 Å². The molecule has 2 rings (SSSR count). The predicted molar refractivity (Wildman–Crippen MR) is 101 cm³/mol. The minimum atomic E-state index is -0.387. The molecule has 0 fully saturated rings. The molecule has 0 aliphatic heterocycles. The Labute approximate surface area is 157 Å². The van der Waals surface area contributed by atoms with Gasteiger partial charge in [-0.3, -0.25) is 4.79 Å². The van der Waals surface area contributed by atoms with Crippen LogP contribution in [0.4, 0.5) is 0 Å². The van der Waals surface area contributed by atoms with Crippen LogP contribution in [0.2, 0.25) is 0 Å². The van der Waals surface area contributed by atoms with Gasteiger partial charge in [0.15, 0.2) is 6.61 Å². The van der Waals surface area contributed by atoms with Gasteiger partial charge in [-0.15, -0.1) is 0 Å². The van der Waals surface area contributed by atoms with E-state index in [2.05, 4.69) is 42.4 Å². The summed E-state index contributed by atoms with van der Waals surface area (Å²) in [6.07, 6.45) is 1.36. The molecule has 5 nitrogen and oxygen atoms in total. The number of nitrogens with one attached hydrogen (secondary N) is 1. The summed E-state index contributed by atoms with van der Waals surface area (Å²) in [4.78, 5) is 11.8. The first-order chi connectivity index (χ1) is 11.4. The lowest BCUT2D eigenvalue weighted by Crippen LogP contribution is -2.25. The number of hydrazone groups is 1. The molecule has 2 N–H and O–H groups in total. The molecule has 24 heavy (non-hydrogen) atoms. The van der Waals surface area contributed by atoms with Gasteiger partial charge in [-0.1, -0.05) is 34.1 Å². The van der Waals surface area contributed by atoms with E-state index >= 15 is 0 Å². The number of halogens is 2. The Morgan fingerprint density at radius 3 is 2.62 bits per heavy atom. The van der Waals surface area contributed by atoms with Crippen LogP contribution in [0.15, 0.2) is 44.4 Å². The van der Waals surface area contributed by atoms with Crippen LogP contribution < -0.4 is 10.2 Å². The third-order valence-electron chi connectivity index (χ3n) is 3.21. The number of phenols is 1. The SMILES string of the molecule is Cc1cccc(C)c1OCC(=O)NN=Cc1cc(Br)cc(Br)c1O. The number of hydrogen-bond acceptors (Lipinski definition) is 4. The van der Waals surface area contributed by atoms with Gasteiger partial charge in [0.2, 0.25) is 0 Å². The molecular formula is C17H16Br2N2O3. The maximum atomic E-state index is 11.8. The number of para-hydroxylation sites is 1. The van der Waals surface area contributed by atoms with E-state index in [0.717, 1.165) is 15.6 Å². The van der Waals surface area contributed by atoms with Crippen LogP contribution in [0.5, 0.6) is 11.5 Å². The number of nitrogens with zero attached hydrogens (tertiary/aromatic N) is 1. The van der Waals surface area contributed by atoms with Crippen LogP contribution in [0.25, 0.3) is 0 Å². The lowest BCUT2D eigenvalue weighted by molar-refractivity contribution is -0.123. The average Bonchev–Trinajstić information content (AvgIpc) is 2.51. The molecule has 7 heteroatoms. The van der Waals surface area contributed by atoms with Gasteiger partial charge >= 0.3 is 0 Å². The highest BCUT2D eigenvalue weighted by Gasteiger charge is 2.08. The van der Waals surface area contributed by atoms with Crippen molar-refractivity contribution in [1.29, 1.82) is 0 Å². The fourth-order valence-electron chi connectivity index (χ4n) is 2.05. The predicted octanol–water partition coefficient (Wildman–Crippen LogP) is 4.06. The molecule has 0 saturated carbocycles. The Balaban J connectivity index is 1.94. The van der Waals surface area contributed by atoms with Crippen LogP contribution in [0.3, 0.4) is 0 Å². The van der Waals surface area contributed by atoms with Crippen LogP contribution in [0.1, 0.15) is 16.7 Å². The molecule has 0 bridgehead atoms. The van der Waals surface area contributed by atoms with E-state index in [1.54, 1.807) is 12.1 Å². The first-order valence-corrected chi connectivity index (χ1v) is 8.66. The highest BCUT2D eigenvalue weighted by atomic mass is 79.9. The normalized spacial score (nSPS) is 10.8. The second-order valence-corrected chi connectivity index (χ2v) is 6.90. The zero-order valence-electron chi connectivity index (χ0n) is 13.1. The summed E-state index contributed by atoms with van der Waals surface area (Å²) in [5, 5.41) is 13.7. The van der Waals surface area contributed by atoms with Crippen molar-refractivity contribution in [2.24, 2.45) is 5.10 Å². The minimum absolute atomic E-state index is 0.0444. The van der Waals surface area contributed by atoms with E-state index in [9.17, 15) is 9.90 Å². The number of hydrogen-bond donors (Lipinski definition) is 2. The van der Waals surface area contributed by atoms with Crippen LogP contribution in [-0.4, -0.2) is 23.8 Å². The van der Waals surface area contributed by atoms with E-state index in [-0.39, 0.29) is 18.3 Å². The number of ether oxygens (including phenoxy) is 1. The molecule has 0 radical (unpaired) electrons. The summed E-state index contributed by atoms with van der Waals surface area (Å²) in [7, 11) is 0. The zero-order chi connectivity index (χ0) is 17.7. The molecule has 0 aliphatic carbocycles. The molecule has 0 atom stereocenters. The standard InChI is InChI=1S/C17H16Br2N2O3/c1-10-4-3-5-11(2)17(10)24-9-15(22)21-20-8-12-6-13(18)7-14(19)16(12)23/h3-8,23H,9H2,1-2H3,(H,21,22). The van der Waals surface area contributed by atoms with Gasteiger partial charge in [0, 0.05) is 10.0 Å². The maximum Gasteiger partial charge on any atom is 0.277 e. The fraction of sp³-hybridized carbons (Fsp3) is 0.176. The van der Waals surface area contributed by atoms with Crippen molar-refractivity contribution in [1.82, 2.24) is 5.43 Å². The highest BCUT2D eigenvalue weighted by molar-refractivity contribution is 9.11. The van der Waals surface area contributed by atoms with Crippen molar-refractivity contribution < 1.29 is 14.6 Å². The summed E-state index contributed by atoms with van der Waals surface area (Å²) in [5.74, 6) is 0.357. The van der Waals surface area contributed by atoms with Crippen molar-refractivity contribution in [2.45, 2.75) is 13.8 Å². The monoisotopic (exact) mass is 454 g/mol. The third kappa shape index (κ3) is 4.82. The van der Waals surface area contributed by atoms with Gasteiger partial charge in [-0.25, -0.2) is 5.43 Å². The fourth-order valence-corrected chi connectivity index (χ4v) is 3.31. The van der Waals surface area contributed by atoms with Crippen LogP contribution >= 0.6 is 31.9 Å². The number of benzene rings is 2. The van der Waals surface area contributed by atoms with E-state index in [4.69, 9.17) is 4.74 Å². The van der Waals surface area contributed by atoms with Crippen LogP contribution in [0, 0.1) is 13.8 Å². The quantitative estimate of drug-likeness (QED) is 0.527. The summed E-state index contributed by atoms with van der Waals surface area (Å²) in [6, 6.07) is 9.18. The van der Waals surface area contributed by atoms with Crippen molar-refractivity contribution in [2.75, 3.05) is 6.61 Å². The number of rotatable bonds is 5. The first kappa shape index (κ1) is 18.5. The van der Waals surface area contributed by atoms with Crippen LogP contribution in [-0.2, 0) is 4.79 Å². The molecule has 0 spiro atoms. The number of phenolic OH excluding ortho intramolecular Hbond substituents is 1. The van der Waals surface area contributed by atoms with Gasteiger partial charge in [-0.05, 0) is 53.0 Å². The lowest BCUT2D eigenvalue weighted by Gasteiger charge is -2.10. The van der Waals surface area contributed by atoms with Gasteiger partial charge in [0.05, 0.1) is 10.7 Å². The average molecular weight is 456 g/mol. The third-order valence-corrected chi connectivity index (χ3v) is 4.27. The lowest BCUT2D eigenvalue weighted by atomic mass is 10.1. The van der Waals surface area contributed by atoms with E-state index in [1.807, 2.05) is 32.0 Å². The summed E-state index contributed by atoms with van der Waals surface area (Å²) in [5.41, 5.74) is 4.77. The molecule has 0 heterocycles. The van der Waals surface area contributed by atoms with Crippen molar-refractivity contribution in [3.8, 4) is 11.5 Å². The molecule has 2 aromatic rings. The summed E-state index contributed by atoms with van der Waals surface area (Å²) < 4.78 is 6.85. The molecule has 0 saturated heterocycles. The van der Waals surface area contributed by atoms with Gasteiger partial charge in [-0.2, -0.15) is 5.10 Å². The molecule has 0 aromatic heterocycles. The van der Waals surface area contributed by atoms with E-state index in [1.165, 1.54) is 6.21 Å². The Morgan fingerprint density at radius 2 is 1.96 bits per heavy atom. The number of amides is 1. The topological polar surface area (TPSA) is 70.9 Å². The number of aromatic hydroxyl groups is 1. The molecule has 1 amide bonds. The minimum Gasteiger partial charge on any atom is -0.506 e. The Kier molecular flexibility index (Phi) is 6.39. The number of carbonyl (C=O) groups excluding carboxylic acids is 1. The first-order valence-electron chi connectivity index (χ1n) is 7.07. The van der Waals surface area contributed by atoms with Gasteiger partial charge in [0.25, 0.3) is 5.91 Å². The zero-order valence-corrected chi connectivity index (χ0v) is 16.3. The Hall–Kier alpha value is -1.86. The van der Waals surface area contributed by atoms with E-state index < -0.39 is 0 Å². The van der Waals surface area contributed by atoms with Crippen molar-refractivity contribution in [3.05, 3.63) is 56.0 Å². The van der Waals surface area contributed by atoms with Crippen molar-refractivity contribution in [3.63, 3.8) is 0 Å². The largest absolute Gasteiger partial charge is 0.506 e. The molecule has 0 unspecified atom stereocenters. The number of carbonyl (C=O) groups is 1. The Bertz CT molecular complexity index is 771. The van der Waals surface area contributed by atoms with Gasteiger partial charge < -0.3 is 9.84 Å². The second-order valence-electron chi connectivity index (χ2n) is 5.13. The molecule has 2 aromatic carbocycles. The molecular weight excluding hydrogens is 440 g/mol. The second kappa shape index (κ2) is 8.30.